The van der Waals surface area contributed by atoms with Crippen LogP contribution in [0.5, 0.6) is 11.5 Å². The smallest absolute Gasteiger partial charge is 0.247 e. The van der Waals surface area contributed by atoms with E-state index in [2.05, 4.69) is 5.32 Å². The highest BCUT2D eigenvalue weighted by Crippen LogP contribution is 2.30. The summed E-state index contributed by atoms with van der Waals surface area (Å²) in [5.41, 5.74) is 0. The molecule has 0 saturated heterocycles. The second kappa shape index (κ2) is 8.53. The van der Waals surface area contributed by atoms with Crippen LogP contribution in [0.25, 0.3) is 0 Å². The average Bonchev–Trinajstić information content (AvgIpc) is 2.61. The SMILES string of the molecule is COc1ccc(OC)c(S(=O)(=O)N(C)CC(=O)NC2CCCCC2)c1. The monoisotopic (exact) mass is 370 g/mol. The van der Waals surface area contributed by atoms with Gasteiger partial charge in [0.05, 0.1) is 20.8 Å². The Bertz CT molecular complexity index is 699. The molecule has 0 atom stereocenters. The minimum atomic E-state index is -3.88. The Kier molecular flexibility index (Phi) is 6.66. The van der Waals surface area contributed by atoms with Gasteiger partial charge in [-0.15, -0.1) is 0 Å². The van der Waals surface area contributed by atoms with Gasteiger partial charge in [-0.2, -0.15) is 4.31 Å². The van der Waals surface area contributed by atoms with Gasteiger partial charge < -0.3 is 14.8 Å². The highest BCUT2D eigenvalue weighted by molar-refractivity contribution is 7.89. The van der Waals surface area contributed by atoms with Crippen molar-refractivity contribution in [3.05, 3.63) is 18.2 Å². The Labute approximate surface area is 149 Å². The lowest BCUT2D eigenvalue weighted by Crippen LogP contribution is -2.43. The van der Waals surface area contributed by atoms with E-state index < -0.39 is 10.0 Å². The fourth-order valence-electron chi connectivity index (χ4n) is 2.96. The van der Waals surface area contributed by atoms with Gasteiger partial charge in [-0.1, -0.05) is 19.3 Å². The van der Waals surface area contributed by atoms with E-state index in [9.17, 15) is 13.2 Å². The Balaban J connectivity index is 2.11. The molecule has 0 radical (unpaired) electrons. The third-order valence-corrected chi connectivity index (χ3v) is 6.22. The van der Waals surface area contributed by atoms with Gasteiger partial charge in [0.25, 0.3) is 0 Å². The third-order valence-electron chi connectivity index (χ3n) is 4.40. The molecule has 1 N–H and O–H groups in total. The summed E-state index contributed by atoms with van der Waals surface area (Å²) >= 11 is 0. The van der Waals surface area contributed by atoms with Crippen molar-refractivity contribution in [1.29, 1.82) is 0 Å². The topological polar surface area (TPSA) is 84.9 Å². The van der Waals surface area contributed by atoms with Crippen LogP contribution in [-0.2, 0) is 14.8 Å². The molecule has 1 aromatic rings. The summed E-state index contributed by atoms with van der Waals surface area (Å²) in [5, 5.41) is 2.92. The van der Waals surface area contributed by atoms with Crippen LogP contribution in [0.1, 0.15) is 32.1 Å². The molecule has 0 heterocycles. The number of sulfonamides is 1. The molecule has 8 heteroatoms. The lowest BCUT2D eigenvalue weighted by atomic mass is 9.95. The van der Waals surface area contributed by atoms with Crippen LogP contribution < -0.4 is 14.8 Å². The van der Waals surface area contributed by atoms with Crippen molar-refractivity contribution in [1.82, 2.24) is 9.62 Å². The normalized spacial score (nSPS) is 15.8. The van der Waals surface area contributed by atoms with Crippen LogP contribution in [0.15, 0.2) is 23.1 Å². The zero-order valence-corrected chi connectivity index (χ0v) is 15.8. The molecule has 1 aliphatic rings. The fraction of sp³-hybridized carbons (Fsp3) is 0.588. The number of hydrogen-bond donors (Lipinski definition) is 1. The number of amides is 1. The average molecular weight is 370 g/mol. The number of hydrogen-bond acceptors (Lipinski definition) is 5. The molecular formula is C17H26N2O5S. The van der Waals surface area contributed by atoms with Crippen molar-refractivity contribution in [3.8, 4) is 11.5 Å². The first kappa shape index (κ1) is 19.5. The molecule has 140 valence electrons. The van der Waals surface area contributed by atoms with Crippen LogP contribution in [-0.4, -0.2) is 52.5 Å². The summed E-state index contributed by atoms with van der Waals surface area (Å²) in [6.07, 6.45) is 5.29. The van der Waals surface area contributed by atoms with Gasteiger partial charge in [-0.05, 0) is 25.0 Å². The van der Waals surface area contributed by atoms with Gasteiger partial charge in [0.2, 0.25) is 15.9 Å². The van der Waals surface area contributed by atoms with E-state index in [-0.39, 0.29) is 29.1 Å². The van der Waals surface area contributed by atoms with Gasteiger partial charge in [0.15, 0.2) is 0 Å². The quantitative estimate of drug-likeness (QED) is 0.791. The molecule has 0 aromatic heterocycles. The van der Waals surface area contributed by atoms with E-state index in [1.54, 1.807) is 6.07 Å². The van der Waals surface area contributed by atoms with Gasteiger partial charge >= 0.3 is 0 Å². The third kappa shape index (κ3) is 4.85. The standard InChI is InChI=1S/C17H26N2O5S/c1-19(12-17(20)18-13-7-5-4-6-8-13)25(21,22)16-11-14(23-2)9-10-15(16)24-3/h9-11,13H,4-8,12H2,1-3H3,(H,18,20). The van der Waals surface area contributed by atoms with Crippen LogP contribution in [0.3, 0.4) is 0 Å². The van der Waals surface area contributed by atoms with Gasteiger partial charge in [0.1, 0.15) is 16.4 Å². The molecule has 2 rings (SSSR count). The second-order valence-electron chi connectivity index (χ2n) is 6.18. The minimum Gasteiger partial charge on any atom is -0.497 e. The lowest BCUT2D eigenvalue weighted by molar-refractivity contribution is -0.122. The first-order chi connectivity index (χ1) is 11.9. The Hall–Kier alpha value is -1.80. The number of nitrogens with one attached hydrogen (secondary N) is 1. The zero-order valence-electron chi connectivity index (χ0n) is 14.9. The van der Waals surface area contributed by atoms with Crippen molar-refractivity contribution in [2.24, 2.45) is 0 Å². The van der Waals surface area contributed by atoms with E-state index >= 15 is 0 Å². The molecular weight excluding hydrogens is 344 g/mol. The Morgan fingerprint density at radius 1 is 1.20 bits per heavy atom. The summed E-state index contributed by atoms with van der Waals surface area (Å²) in [6.45, 7) is -0.237. The van der Waals surface area contributed by atoms with Crippen molar-refractivity contribution in [2.45, 2.75) is 43.0 Å². The van der Waals surface area contributed by atoms with Crippen LogP contribution in [0, 0.1) is 0 Å². The lowest BCUT2D eigenvalue weighted by Gasteiger charge is -2.24. The van der Waals surface area contributed by atoms with Gasteiger partial charge in [-0.3, -0.25) is 4.79 Å². The predicted molar refractivity (Wildman–Crippen MR) is 94.4 cm³/mol. The molecule has 0 aliphatic heterocycles. The molecule has 0 bridgehead atoms. The van der Waals surface area contributed by atoms with Gasteiger partial charge in [0, 0.05) is 19.2 Å². The van der Waals surface area contributed by atoms with Crippen LogP contribution in [0.4, 0.5) is 0 Å². The number of ether oxygens (including phenoxy) is 2. The summed E-state index contributed by atoms with van der Waals surface area (Å²) in [7, 11) is 0.358. The molecule has 1 aromatic carbocycles. The maximum Gasteiger partial charge on any atom is 0.247 e. The summed E-state index contributed by atoms with van der Waals surface area (Å²) < 4.78 is 36.9. The minimum absolute atomic E-state index is 0.0256. The number of carbonyl (C=O) groups excluding carboxylic acids is 1. The number of carbonyl (C=O) groups is 1. The van der Waals surface area contributed by atoms with Gasteiger partial charge in [-0.25, -0.2) is 8.42 Å². The second-order valence-corrected chi connectivity index (χ2v) is 8.19. The van der Waals surface area contributed by atoms with Crippen LogP contribution in [0.2, 0.25) is 0 Å². The number of likely N-dealkylation sites (N-methyl/N-ethyl adjacent to an activating group) is 1. The predicted octanol–water partition coefficient (Wildman–Crippen LogP) is 1.77. The first-order valence-corrected chi connectivity index (χ1v) is 9.80. The number of nitrogens with zero attached hydrogens (tertiary/aromatic N) is 1. The molecule has 7 nitrogen and oxygen atoms in total. The van der Waals surface area contributed by atoms with E-state index in [0.717, 1.165) is 30.0 Å². The molecule has 1 saturated carbocycles. The van der Waals surface area contributed by atoms with Crippen molar-refractivity contribution < 1.29 is 22.7 Å². The molecule has 25 heavy (non-hydrogen) atoms. The van der Waals surface area contributed by atoms with Crippen molar-refractivity contribution >= 4 is 15.9 Å². The maximum absolute atomic E-state index is 12.8. The zero-order chi connectivity index (χ0) is 18.4. The molecule has 0 spiro atoms. The van der Waals surface area contributed by atoms with Crippen molar-refractivity contribution in [3.63, 3.8) is 0 Å². The molecule has 1 amide bonds. The Morgan fingerprint density at radius 3 is 2.48 bits per heavy atom. The summed E-state index contributed by atoms with van der Waals surface area (Å²) in [5.74, 6) is 0.319. The fourth-order valence-corrected chi connectivity index (χ4v) is 4.25. The summed E-state index contributed by atoms with van der Waals surface area (Å²) in [4.78, 5) is 12.2. The number of benzene rings is 1. The molecule has 0 unspecified atom stereocenters. The number of rotatable bonds is 7. The first-order valence-electron chi connectivity index (χ1n) is 8.36. The maximum atomic E-state index is 12.8. The molecule has 1 aliphatic carbocycles. The number of methoxy groups -OCH3 is 2. The summed E-state index contributed by atoms with van der Waals surface area (Å²) in [6, 6.07) is 4.68. The molecule has 1 fully saturated rings. The highest BCUT2D eigenvalue weighted by Gasteiger charge is 2.28. The van der Waals surface area contributed by atoms with E-state index in [4.69, 9.17) is 9.47 Å². The largest absolute Gasteiger partial charge is 0.497 e. The van der Waals surface area contributed by atoms with Crippen LogP contribution >= 0.6 is 0 Å². The highest BCUT2D eigenvalue weighted by atomic mass is 32.2. The Morgan fingerprint density at radius 2 is 1.88 bits per heavy atom. The van der Waals surface area contributed by atoms with Crippen molar-refractivity contribution in [2.75, 3.05) is 27.8 Å². The van der Waals surface area contributed by atoms with E-state index in [1.807, 2.05) is 0 Å². The van der Waals surface area contributed by atoms with E-state index in [1.165, 1.54) is 39.8 Å². The van der Waals surface area contributed by atoms with E-state index in [0.29, 0.717) is 5.75 Å².